The number of aromatic amines is 1. The normalized spacial score (nSPS) is 11.4. The molecular formula is C14H14N6+2. The number of benzene rings is 1. The summed E-state index contributed by atoms with van der Waals surface area (Å²) in [6.45, 7) is 0.710. The van der Waals surface area contributed by atoms with E-state index in [-0.39, 0.29) is 0 Å². The fraction of sp³-hybridized carbons (Fsp3) is 0.143. The highest BCUT2D eigenvalue weighted by Gasteiger charge is 2.17. The van der Waals surface area contributed by atoms with E-state index in [1.807, 2.05) is 57.7 Å². The van der Waals surface area contributed by atoms with Crippen molar-refractivity contribution in [2.45, 2.75) is 6.54 Å². The van der Waals surface area contributed by atoms with Crippen LogP contribution in [0.1, 0.15) is 5.56 Å². The van der Waals surface area contributed by atoms with Gasteiger partial charge in [0.2, 0.25) is 11.0 Å². The minimum Gasteiger partial charge on any atom is -0.155 e. The Morgan fingerprint density at radius 1 is 1.20 bits per heavy atom. The standard InChI is InChI=1S/C14H13N6/c1-18-10-15-14-11(5-4-8-20(14)18)9-19-13-7-3-2-6-12(13)16-17-19/h2-8,10H,9H2,1H3/q+1/p+1. The second-order valence-electron chi connectivity index (χ2n) is 4.81. The van der Waals surface area contributed by atoms with E-state index in [9.17, 15) is 0 Å². The summed E-state index contributed by atoms with van der Waals surface area (Å²) in [5.41, 5.74) is 4.16. The Morgan fingerprint density at radius 2 is 2.10 bits per heavy atom. The zero-order chi connectivity index (χ0) is 13.5. The van der Waals surface area contributed by atoms with E-state index >= 15 is 0 Å². The Labute approximate surface area is 114 Å². The molecule has 3 aromatic heterocycles. The van der Waals surface area contributed by atoms with E-state index in [0.717, 1.165) is 22.2 Å². The number of para-hydroxylation sites is 2. The fourth-order valence-electron chi connectivity index (χ4n) is 2.49. The molecule has 0 unspecified atom stereocenters. The first-order valence-corrected chi connectivity index (χ1v) is 6.47. The molecule has 6 heteroatoms. The monoisotopic (exact) mass is 266 g/mol. The first-order chi connectivity index (χ1) is 9.83. The summed E-state index contributed by atoms with van der Waals surface area (Å²) in [5.74, 6) is 0. The first kappa shape index (κ1) is 11.1. The number of rotatable bonds is 2. The molecule has 3 heterocycles. The Hall–Kier alpha value is -2.76. The van der Waals surface area contributed by atoms with Gasteiger partial charge in [-0.2, -0.15) is 9.36 Å². The summed E-state index contributed by atoms with van der Waals surface area (Å²) in [4.78, 5) is 4.46. The first-order valence-electron chi connectivity index (χ1n) is 6.47. The van der Waals surface area contributed by atoms with Gasteiger partial charge in [0, 0.05) is 5.10 Å². The lowest BCUT2D eigenvalue weighted by Gasteiger charge is -1.98. The summed E-state index contributed by atoms with van der Waals surface area (Å²) in [5, 5.41) is 7.36. The van der Waals surface area contributed by atoms with Crippen molar-refractivity contribution in [3.05, 3.63) is 54.5 Å². The summed E-state index contributed by atoms with van der Waals surface area (Å²) < 4.78 is 6.00. The molecule has 20 heavy (non-hydrogen) atoms. The van der Waals surface area contributed by atoms with Crippen molar-refractivity contribution in [3.63, 3.8) is 0 Å². The molecule has 0 fully saturated rings. The van der Waals surface area contributed by atoms with Crippen LogP contribution in [-0.4, -0.2) is 19.8 Å². The zero-order valence-corrected chi connectivity index (χ0v) is 11.1. The molecule has 4 rings (SSSR count). The number of fused-ring (bicyclic) bond motifs is 2. The number of hydrogen-bond donors (Lipinski definition) is 1. The molecule has 0 saturated carbocycles. The van der Waals surface area contributed by atoms with E-state index in [1.54, 1.807) is 0 Å². The number of H-pyrrole nitrogens is 1. The second-order valence-corrected chi connectivity index (χ2v) is 4.81. The minimum absolute atomic E-state index is 0.710. The maximum absolute atomic E-state index is 4.46. The summed E-state index contributed by atoms with van der Waals surface area (Å²) in [6.07, 6.45) is 3.82. The molecule has 1 N–H and O–H groups in total. The summed E-state index contributed by atoms with van der Waals surface area (Å²) >= 11 is 0. The smallest absolute Gasteiger partial charge is 0.155 e. The van der Waals surface area contributed by atoms with Crippen molar-refractivity contribution in [3.8, 4) is 0 Å². The number of aromatic nitrogens is 6. The molecule has 0 aliphatic heterocycles. The molecule has 0 aliphatic carbocycles. The fourth-order valence-corrected chi connectivity index (χ4v) is 2.49. The number of pyridine rings is 1. The van der Waals surface area contributed by atoms with Crippen LogP contribution < -0.4 is 9.36 Å². The SMILES string of the molecule is C[n+]1cnc2c(C[n+]3[nH]nc4ccccc43)cccn21. The van der Waals surface area contributed by atoms with E-state index < -0.39 is 0 Å². The van der Waals surface area contributed by atoms with Crippen molar-refractivity contribution in [1.82, 2.24) is 19.8 Å². The Balaban J connectivity index is 1.85. The molecule has 0 aliphatic rings. The van der Waals surface area contributed by atoms with E-state index in [2.05, 4.69) is 27.4 Å². The third kappa shape index (κ3) is 1.58. The molecular weight excluding hydrogens is 252 g/mol. The number of hydrogen-bond acceptors (Lipinski definition) is 2. The van der Waals surface area contributed by atoms with Gasteiger partial charge < -0.3 is 0 Å². The van der Waals surface area contributed by atoms with Gasteiger partial charge in [-0.05, 0) is 29.2 Å². The lowest BCUT2D eigenvalue weighted by molar-refractivity contribution is -0.739. The maximum atomic E-state index is 4.46. The highest BCUT2D eigenvalue weighted by atomic mass is 15.4. The van der Waals surface area contributed by atoms with Crippen LogP contribution in [0.3, 0.4) is 0 Å². The van der Waals surface area contributed by atoms with Gasteiger partial charge >= 0.3 is 6.33 Å². The average Bonchev–Trinajstić information content (AvgIpc) is 3.05. The summed E-state index contributed by atoms with van der Waals surface area (Å²) in [6, 6.07) is 12.2. The van der Waals surface area contributed by atoms with E-state index in [1.165, 1.54) is 0 Å². The molecule has 0 bridgehead atoms. The van der Waals surface area contributed by atoms with Gasteiger partial charge in [0.1, 0.15) is 13.6 Å². The van der Waals surface area contributed by atoms with Crippen LogP contribution in [0.15, 0.2) is 48.9 Å². The molecule has 0 spiro atoms. The molecule has 1 aromatic carbocycles. The average molecular weight is 266 g/mol. The van der Waals surface area contributed by atoms with Gasteiger partial charge in [0.05, 0.1) is 11.8 Å². The quantitative estimate of drug-likeness (QED) is 0.533. The van der Waals surface area contributed by atoms with Crippen molar-refractivity contribution in [2.75, 3.05) is 0 Å². The van der Waals surface area contributed by atoms with Crippen molar-refractivity contribution >= 4 is 16.7 Å². The summed E-state index contributed by atoms with van der Waals surface area (Å²) in [7, 11) is 1.97. The molecule has 98 valence electrons. The lowest BCUT2D eigenvalue weighted by atomic mass is 10.2. The van der Waals surface area contributed by atoms with Crippen LogP contribution in [-0.2, 0) is 13.6 Å². The van der Waals surface area contributed by atoms with Crippen LogP contribution in [0.2, 0.25) is 0 Å². The van der Waals surface area contributed by atoms with E-state index in [0.29, 0.717) is 6.54 Å². The highest BCUT2D eigenvalue weighted by Crippen LogP contribution is 2.08. The number of nitrogens with zero attached hydrogens (tertiary/aromatic N) is 5. The predicted molar refractivity (Wildman–Crippen MR) is 71.8 cm³/mol. The second kappa shape index (κ2) is 4.12. The van der Waals surface area contributed by atoms with E-state index in [4.69, 9.17) is 0 Å². The molecule has 0 amide bonds. The Morgan fingerprint density at radius 3 is 3.05 bits per heavy atom. The molecule has 6 nitrogen and oxygen atoms in total. The van der Waals surface area contributed by atoms with Crippen LogP contribution in [0.5, 0.6) is 0 Å². The van der Waals surface area contributed by atoms with Gasteiger partial charge in [-0.15, -0.1) is 4.52 Å². The van der Waals surface area contributed by atoms with Gasteiger partial charge in [-0.25, -0.2) is 0 Å². The number of nitrogens with one attached hydrogen (secondary N) is 1. The van der Waals surface area contributed by atoms with Crippen molar-refractivity contribution in [2.24, 2.45) is 7.05 Å². The molecule has 0 atom stereocenters. The number of aryl methyl sites for hydroxylation is 1. The molecule has 0 radical (unpaired) electrons. The van der Waals surface area contributed by atoms with Crippen LogP contribution in [0, 0.1) is 0 Å². The Bertz CT molecular complexity index is 904. The molecule has 0 saturated heterocycles. The Kier molecular flexibility index (Phi) is 2.29. The van der Waals surface area contributed by atoms with Gasteiger partial charge in [-0.3, -0.25) is 0 Å². The third-order valence-corrected chi connectivity index (χ3v) is 3.51. The third-order valence-electron chi connectivity index (χ3n) is 3.51. The van der Waals surface area contributed by atoms with Gasteiger partial charge in [0.15, 0.2) is 0 Å². The van der Waals surface area contributed by atoms with Crippen molar-refractivity contribution < 1.29 is 9.36 Å². The van der Waals surface area contributed by atoms with Crippen LogP contribution >= 0.6 is 0 Å². The highest BCUT2D eigenvalue weighted by molar-refractivity contribution is 5.69. The van der Waals surface area contributed by atoms with Gasteiger partial charge in [0.25, 0.3) is 5.65 Å². The van der Waals surface area contributed by atoms with Crippen LogP contribution in [0.25, 0.3) is 16.7 Å². The maximum Gasteiger partial charge on any atom is 0.307 e. The van der Waals surface area contributed by atoms with Crippen LogP contribution in [0.4, 0.5) is 0 Å². The largest absolute Gasteiger partial charge is 0.307 e. The minimum atomic E-state index is 0.710. The lowest BCUT2D eigenvalue weighted by Crippen LogP contribution is -2.37. The molecule has 4 aromatic rings. The topological polar surface area (TPSA) is 53.7 Å². The zero-order valence-electron chi connectivity index (χ0n) is 11.1. The van der Waals surface area contributed by atoms with Crippen molar-refractivity contribution in [1.29, 1.82) is 0 Å². The van der Waals surface area contributed by atoms with Gasteiger partial charge in [-0.1, -0.05) is 17.3 Å². The predicted octanol–water partition coefficient (Wildman–Crippen LogP) is 0.371.